The number of alkyl halides is 1. The molecule has 2 N–H and O–H groups in total. The normalized spacial score (nSPS) is 21.8. The Labute approximate surface area is 127 Å². The zero-order chi connectivity index (χ0) is 15.9. The van der Waals surface area contributed by atoms with Crippen molar-refractivity contribution in [2.45, 2.75) is 31.7 Å². The van der Waals surface area contributed by atoms with E-state index in [1.54, 1.807) is 0 Å². The molecule has 1 aliphatic rings. The number of halogens is 1. The predicted molar refractivity (Wildman–Crippen MR) is 77.3 cm³/mol. The molecule has 2 rings (SSSR count). The van der Waals surface area contributed by atoms with E-state index in [-0.39, 0.29) is 26.1 Å². The summed E-state index contributed by atoms with van der Waals surface area (Å²) in [6.45, 7) is 0.0382. The maximum atomic E-state index is 13.5. The summed E-state index contributed by atoms with van der Waals surface area (Å²) in [4.78, 5) is 23.8. The Hall–Kier alpha value is -2.31. The fraction of sp³-hybridized carbons (Fsp3) is 0.467. The van der Waals surface area contributed by atoms with Gasteiger partial charge in [-0.1, -0.05) is 30.3 Å². The van der Waals surface area contributed by atoms with E-state index in [4.69, 9.17) is 9.84 Å². The lowest BCUT2D eigenvalue weighted by atomic mass is 10.1. The van der Waals surface area contributed by atoms with Crippen LogP contribution in [0.2, 0.25) is 0 Å². The number of amides is 2. The predicted octanol–water partition coefficient (Wildman–Crippen LogP) is 2.39. The maximum absolute atomic E-state index is 13.5. The van der Waals surface area contributed by atoms with Gasteiger partial charge in [0.05, 0.1) is 12.6 Å². The van der Waals surface area contributed by atoms with Gasteiger partial charge in [-0.15, -0.1) is 0 Å². The molecule has 2 atom stereocenters. The quantitative estimate of drug-likeness (QED) is 0.898. The van der Waals surface area contributed by atoms with Crippen molar-refractivity contribution in [1.82, 2.24) is 10.2 Å². The van der Waals surface area contributed by atoms with Gasteiger partial charge in [0.2, 0.25) is 0 Å². The number of likely N-dealkylation sites (tertiary alicyclic amines) is 1. The minimum absolute atomic E-state index is 0.0657. The van der Waals surface area contributed by atoms with Crippen LogP contribution in [0.5, 0.6) is 0 Å². The molecule has 0 aliphatic carbocycles. The number of rotatable bonds is 3. The summed E-state index contributed by atoms with van der Waals surface area (Å²) in [5.41, 5.74) is 0.856. The van der Waals surface area contributed by atoms with Gasteiger partial charge in [-0.25, -0.2) is 14.0 Å². The monoisotopic (exact) mass is 310 g/mol. The number of ether oxygens (including phenoxy) is 1. The molecule has 1 fully saturated rings. The highest BCUT2D eigenvalue weighted by atomic mass is 19.1. The summed E-state index contributed by atoms with van der Waals surface area (Å²) in [6, 6.07) is 8.77. The van der Waals surface area contributed by atoms with E-state index in [0.717, 1.165) is 10.5 Å². The molecule has 0 radical (unpaired) electrons. The Morgan fingerprint density at radius 3 is 2.68 bits per heavy atom. The average Bonchev–Trinajstić information content (AvgIpc) is 2.68. The van der Waals surface area contributed by atoms with Gasteiger partial charge in [0.1, 0.15) is 12.8 Å². The number of hydrogen-bond donors (Lipinski definition) is 2. The second-order valence-electron chi connectivity index (χ2n) is 5.27. The first kappa shape index (κ1) is 16.1. The largest absolute Gasteiger partial charge is 0.465 e. The van der Waals surface area contributed by atoms with Gasteiger partial charge in [0.25, 0.3) is 0 Å². The number of alkyl carbamates (subject to hydrolysis) is 1. The average molecular weight is 310 g/mol. The number of nitrogens with zero attached hydrogens (tertiary/aromatic N) is 1. The van der Waals surface area contributed by atoms with Crippen LogP contribution >= 0.6 is 0 Å². The Kier molecular flexibility index (Phi) is 5.57. The molecule has 1 unspecified atom stereocenters. The third-order valence-corrected chi connectivity index (χ3v) is 3.49. The van der Waals surface area contributed by atoms with E-state index >= 15 is 0 Å². The molecule has 6 nitrogen and oxygen atoms in total. The number of carbonyl (C=O) groups is 2. The van der Waals surface area contributed by atoms with E-state index in [1.807, 2.05) is 30.3 Å². The molecule has 1 saturated heterocycles. The van der Waals surface area contributed by atoms with Crippen LogP contribution < -0.4 is 5.32 Å². The molecule has 1 aliphatic heterocycles. The van der Waals surface area contributed by atoms with E-state index in [1.165, 1.54) is 0 Å². The first-order chi connectivity index (χ1) is 10.5. The highest BCUT2D eigenvalue weighted by molar-refractivity contribution is 5.68. The maximum Gasteiger partial charge on any atom is 0.407 e. The number of carboxylic acid groups (broad SMARTS) is 1. The van der Waals surface area contributed by atoms with Crippen LogP contribution in [0.25, 0.3) is 0 Å². The van der Waals surface area contributed by atoms with Crippen LogP contribution in [0.3, 0.4) is 0 Å². The van der Waals surface area contributed by atoms with E-state index in [2.05, 4.69) is 5.32 Å². The fourth-order valence-corrected chi connectivity index (χ4v) is 2.35. The first-order valence-electron chi connectivity index (χ1n) is 7.13. The minimum Gasteiger partial charge on any atom is -0.465 e. The smallest absolute Gasteiger partial charge is 0.407 e. The molecule has 0 saturated carbocycles. The van der Waals surface area contributed by atoms with Crippen LogP contribution in [-0.2, 0) is 11.3 Å². The van der Waals surface area contributed by atoms with Gasteiger partial charge in [-0.3, -0.25) is 0 Å². The third-order valence-electron chi connectivity index (χ3n) is 3.49. The molecule has 1 aromatic rings. The van der Waals surface area contributed by atoms with Crippen molar-refractivity contribution < 1.29 is 23.8 Å². The summed E-state index contributed by atoms with van der Waals surface area (Å²) in [7, 11) is 0. The van der Waals surface area contributed by atoms with Crippen molar-refractivity contribution in [2.24, 2.45) is 0 Å². The molecule has 0 aromatic heterocycles. The van der Waals surface area contributed by atoms with E-state index < -0.39 is 24.4 Å². The molecule has 1 heterocycles. The van der Waals surface area contributed by atoms with Crippen LogP contribution in [0.1, 0.15) is 18.4 Å². The van der Waals surface area contributed by atoms with Crippen molar-refractivity contribution in [2.75, 3.05) is 13.1 Å². The SMILES string of the molecule is O=C(N[C@H]1CCC(F)CN(C(=O)O)C1)OCc1ccccc1. The van der Waals surface area contributed by atoms with Crippen molar-refractivity contribution >= 4 is 12.2 Å². The van der Waals surface area contributed by atoms with Crippen LogP contribution in [0.15, 0.2) is 30.3 Å². The summed E-state index contributed by atoms with van der Waals surface area (Å²) in [6.07, 6.45) is -2.42. The van der Waals surface area contributed by atoms with Crippen LogP contribution in [0, 0.1) is 0 Å². The topological polar surface area (TPSA) is 78.9 Å². The molecule has 7 heteroatoms. The zero-order valence-electron chi connectivity index (χ0n) is 12.1. The van der Waals surface area contributed by atoms with E-state index in [9.17, 15) is 14.0 Å². The van der Waals surface area contributed by atoms with Gasteiger partial charge in [-0.05, 0) is 18.4 Å². The second-order valence-corrected chi connectivity index (χ2v) is 5.27. The van der Waals surface area contributed by atoms with Gasteiger partial charge in [0, 0.05) is 6.54 Å². The fourth-order valence-electron chi connectivity index (χ4n) is 2.35. The van der Waals surface area contributed by atoms with Crippen molar-refractivity contribution in [1.29, 1.82) is 0 Å². The lowest BCUT2D eigenvalue weighted by Crippen LogP contribution is -2.44. The number of hydrogen-bond acceptors (Lipinski definition) is 3. The molecule has 0 bridgehead atoms. The van der Waals surface area contributed by atoms with E-state index in [0.29, 0.717) is 6.42 Å². The molecule has 120 valence electrons. The number of benzene rings is 1. The van der Waals surface area contributed by atoms with Gasteiger partial charge < -0.3 is 20.1 Å². The Morgan fingerprint density at radius 1 is 1.27 bits per heavy atom. The Morgan fingerprint density at radius 2 is 2.00 bits per heavy atom. The summed E-state index contributed by atoms with van der Waals surface area (Å²) in [5.74, 6) is 0. The molecule has 1 aromatic carbocycles. The molecule has 0 spiro atoms. The van der Waals surface area contributed by atoms with Crippen molar-refractivity contribution in [3.05, 3.63) is 35.9 Å². The zero-order valence-corrected chi connectivity index (χ0v) is 12.1. The highest BCUT2D eigenvalue weighted by Gasteiger charge is 2.27. The van der Waals surface area contributed by atoms with Crippen LogP contribution in [0.4, 0.5) is 14.0 Å². The summed E-state index contributed by atoms with van der Waals surface area (Å²) < 4.78 is 18.6. The number of nitrogens with one attached hydrogen (secondary N) is 1. The van der Waals surface area contributed by atoms with Gasteiger partial charge in [0.15, 0.2) is 0 Å². The molecule has 2 amide bonds. The summed E-state index contributed by atoms with van der Waals surface area (Å²) >= 11 is 0. The van der Waals surface area contributed by atoms with Gasteiger partial charge >= 0.3 is 12.2 Å². The lowest BCUT2D eigenvalue weighted by molar-refractivity contribution is 0.122. The first-order valence-corrected chi connectivity index (χ1v) is 7.13. The lowest BCUT2D eigenvalue weighted by Gasteiger charge is -2.22. The number of carbonyl (C=O) groups excluding carboxylic acids is 1. The second kappa shape index (κ2) is 7.63. The van der Waals surface area contributed by atoms with Crippen LogP contribution in [-0.4, -0.2) is 47.5 Å². The molecule has 22 heavy (non-hydrogen) atoms. The molecular formula is C15H19FN2O4. The minimum atomic E-state index is -1.21. The van der Waals surface area contributed by atoms with Crippen molar-refractivity contribution in [3.8, 4) is 0 Å². The van der Waals surface area contributed by atoms with Gasteiger partial charge in [-0.2, -0.15) is 0 Å². The molecular weight excluding hydrogens is 291 g/mol. The highest BCUT2D eigenvalue weighted by Crippen LogP contribution is 2.14. The van der Waals surface area contributed by atoms with Crippen molar-refractivity contribution in [3.63, 3.8) is 0 Å². The standard InChI is InChI=1S/C15H19FN2O4/c16-12-6-7-13(9-18(8-12)15(20)21)17-14(19)22-10-11-4-2-1-3-5-11/h1-5,12-13H,6-10H2,(H,17,19)(H,20,21)/t12?,13-/m0/s1. The third kappa shape index (κ3) is 4.91. The summed E-state index contributed by atoms with van der Waals surface area (Å²) in [5, 5.41) is 11.6. The Bertz CT molecular complexity index is 512. The Balaban J connectivity index is 1.83.